The quantitative estimate of drug-likeness (QED) is 0.768. The van der Waals surface area contributed by atoms with Gasteiger partial charge in [-0.2, -0.15) is 10.2 Å². The summed E-state index contributed by atoms with van der Waals surface area (Å²) in [7, 11) is 1.92. The topological polar surface area (TPSA) is 58.5 Å². The van der Waals surface area contributed by atoms with Gasteiger partial charge in [-0.25, -0.2) is 0 Å². The summed E-state index contributed by atoms with van der Waals surface area (Å²) in [6, 6.07) is 4.14. The van der Waals surface area contributed by atoms with Crippen molar-refractivity contribution in [2.24, 2.45) is 7.05 Å². The van der Waals surface area contributed by atoms with Crippen LogP contribution >= 0.6 is 11.3 Å². The minimum atomic E-state index is 0.732. The molecule has 19 heavy (non-hydrogen) atoms. The maximum Gasteiger partial charge on any atom is 0.0825 e. The van der Waals surface area contributed by atoms with Crippen LogP contribution < -0.4 is 5.32 Å². The summed E-state index contributed by atoms with van der Waals surface area (Å²) in [4.78, 5) is 1.21. The highest BCUT2D eigenvalue weighted by atomic mass is 32.1. The summed E-state index contributed by atoms with van der Waals surface area (Å²) < 4.78 is 1.81. The van der Waals surface area contributed by atoms with Crippen molar-refractivity contribution in [3.05, 3.63) is 41.2 Å². The first-order valence-corrected chi connectivity index (χ1v) is 6.92. The standard InChI is InChI=1S/C13H15N5S/c1-9-11(8-18(2)17-9)14-6-10-7-15-16-13(10)12-4-3-5-19-12/h3-5,7-8,14H,6H2,1-2H3,(H,15,16). The highest BCUT2D eigenvalue weighted by Gasteiger charge is 2.09. The van der Waals surface area contributed by atoms with E-state index < -0.39 is 0 Å². The molecule has 2 N–H and O–H groups in total. The molecule has 0 aliphatic carbocycles. The van der Waals surface area contributed by atoms with E-state index in [9.17, 15) is 0 Å². The van der Waals surface area contributed by atoms with Gasteiger partial charge in [0, 0.05) is 25.4 Å². The number of anilines is 1. The van der Waals surface area contributed by atoms with Crippen LogP contribution in [0.15, 0.2) is 29.9 Å². The lowest BCUT2D eigenvalue weighted by molar-refractivity contribution is 0.756. The number of H-pyrrole nitrogens is 1. The molecule has 0 saturated carbocycles. The van der Waals surface area contributed by atoms with Gasteiger partial charge in [-0.1, -0.05) is 6.07 Å². The van der Waals surface area contributed by atoms with E-state index in [0.717, 1.165) is 29.2 Å². The van der Waals surface area contributed by atoms with E-state index >= 15 is 0 Å². The lowest BCUT2D eigenvalue weighted by atomic mass is 10.2. The zero-order chi connectivity index (χ0) is 13.2. The molecular formula is C13H15N5S. The number of thiophene rings is 1. The Morgan fingerprint density at radius 2 is 2.37 bits per heavy atom. The van der Waals surface area contributed by atoms with Crippen LogP contribution in [0.3, 0.4) is 0 Å². The molecule has 0 amide bonds. The van der Waals surface area contributed by atoms with Crippen molar-refractivity contribution >= 4 is 17.0 Å². The predicted octanol–water partition coefficient (Wildman–Crippen LogP) is 2.79. The number of hydrogen-bond donors (Lipinski definition) is 2. The highest BCUT2D eigenvalue weighted by Crippen LogP contribution is 2.26. The van der Waals surface area contributed by atoms with Crippen molar-refractivity contribution in [2.45, 2.75) is 13.5 Å². The fraction of sp³-hybridized carbons (Fsp3) is 0.231. The molecule has 0 radical (unpaired) electrons. The fourth-order valence-corrected chi connectivity index (χ4v) is 2.80. The Morgan fingerprint density at radius 3 is 3.05 bits per heavy atom. The van der Waals surface area contributed by atoms with E-state index in [0.29, 0.717) is 0 Å². The normalized spacial score (nSPS) is 10.8. The van der Waals surface area contributed by atoms with Crippen molar-refractivity contribution in [1.29, 1.82) is 0 Å². The summed E-state index contributed by atoms with van der Waals surface area (Å²) in [6.07, 6.45) is 3.86. The molecule has 0 aliphatic rings. The second-order valence-electron chi connectivity index (χ2n) is 4.40. The van der Waals surface area contributed by atoms with Gasteiger partial charge in [0.05, 0.1) is 28.1 Å². The van der Waals surface area contributed by atoms with E-state index in [2.05, 4.69) is 32.1 Å². The van der Waals surface area contributed by atoms with Gasteiger partial charge in [0.15, 0.2) is 0 Å². The third-order valence-corrected chi connectivity index (χ3v) is 3.86. The van der Waals surface area contributed by atoms with Gasteiger partial charge in [-0.3, -0.25) is 9.78 Å². The summed E-state index contributed by atoms with van der Waals surface area (Å²) >= 11 is 1.71. The molecule has 0 aliphatic heterocycles. The van der Waals surface area contributed by atoms with Crippen molar-refractivity contribution < 1.29 is 0 Å². The molecular weight excluding hydrogens is 258 g/mol. The number of aromatic amines is 1. The molecule has 3 aromatic heterocycles. The third kappa shape index (κ3) is 2.39. The van der Waals surface area contributed by atoms with Crippen LogP contribution in [0, 0.1) is 6.92 Å². The van der Waals surface area contributed by atoms with Gasteiger partial charge < -0.3 is 5.32 Å². The van der Waals surface area contributed by atoms with Gasteiger partial charge in [0.25, 0.3) is 0 Å². The first-order chi connectivity index (χ1) is 9.24. The molecule has 3 heterocycles. The average Bonchev–Trinajstić information content (AvgIpc) is 3.07. The summed E-state index contributed by atoms with van der Waals surface area (Å²) in [5.41, 5.74) is 4.30. The molecule has 6 heteroatoms. The summed E-state index contributed by atoms with van der Waals surface area (Å²) in [5, 5.41) is 17.0. The SMILES string of the molecule is Cc1nn(C)cc1NCc1cn[nH]c1-c1cccs1. The zero-order valence-corrected chi connectivity index (χ0v) is 11.7. The van der Waals surface area contributed by atoms with E-state index in [-0.39, 0.29) is 0 Å². The van der Waals surface area contributed by atoms with Crippen molar-refractivity contribution in [1.82, 2.24) is 20.0 Å². The molecule has 3 rings (SSSR count). The lowest BCUT2D eigenvalue weighted by Gasteiger charge is -2.04. The van der Waals surface area contributed by atoms with Crippen LogP contribution in [-0.4, -0.2) is 20.0 Å². The molecule has 0 unspecified atom stereocenters. The number of aromatic nitrogens is 4. The fourth-order valence-electron chi connectivity index (χ4n) is 2.04. The Morgan fingerprint density at radius 1 is 1.47 bits per heavy atom. The molecule has 0 bridgehead atoms. The monoisotopic (exact) mass is 273 g/mol. The Hall–Kier alpha value is -2.08. The average molecular weight is 273 g/mol. The van der Waals surface area contributed by atoms with Gasteiger partial charge in [0.2, 0.25) is 0 Å². The second kappa shape index (κ2) is 4.89. The molecule has 0 atom stereocenters. The molecule has 98 valence electrons. The van der Waals surface area contributed by atoms with E-state index in [1.54, 1.807) is 11.3 Å². The number of nitrogens with zero attached hydrogens (tertiary/aromatic N) is 3. The summed E-state index contributed by atoms with van der Waals surface area (Å²) in [5.74, 6) is 0. The van der Waals surface area contributed by atoms with E-state index in [4.69, 9.17) is 0 Å². The molecule has 0 aromatic carbocycles. The number of aryl methyl sites for hydroxylation is 2. The van der Waals surface area contributed by atoms with E-state index in [1.165, 1.54) is 4.88 Å². The van der Waals surface area contributed by atoms with Crippen LogP contribution in [0.4, 0.5) is 5.69 Å². The van der Waals surface area contributed by atoms with Crippen LogP contribution in [0.1, 0.15) is 11.3 Å². The predicted molar refractivity (Wildman–Crippen MR) is 77.2 cm³/mol. The lowest BCUT2D eigenvalue weighted by Crippen LogP contribution is -1.99. The van der Waals surface area contributed by atoms with Crippen molar-refractivity contribution in [2.75, 3.05) is 5.32 Å². The molecule has 0 spiro atoms. The highest BCUT2D eigenvalue weighted by molar-refractivity contribution is 7.13. The molecule has 3 aromatic rings. The minimum Gasteiger partial charge on any atom is -0.378 e. The van der Waals surface area contributed by atoms with Crippen LogP contribution in [0.2, 0.25) is 0 Å². The van der Waals surface area contributed by atoms with E-state index in [1.807, 2.05) is 37.1 Å². The Bertz CT molecular complexity index is 665. The smallest absolute Gasteiger partial charge is 0.0825 e. The summed E-state index contributed by atoms with van der Waals surface area (Å²) in [6.45, 7) is 2.73. The molecule has 5 nitrogen and oxygen atoms in total. The largest absolute Gasteiger partial charge is 0.378 e. The maximum absolute atomic E-state index is 4.32. The number of hydrogen-bond acceptors (Lipinski definition) is 4. The Labute approximate surface area is 115 Å². The van der Waals surface area contributed by atoms with Gasteiger partial charge >= 0.3 is 0 Å². The minimum absolute atomic E-state index is 0.732. The third-order valence-electron chi connectivity index (χ3n) is 2.97. The Kier molecular flexibility index (Phi) is 3.08. The maximum atomic E-state index is 4.32. The first kappa shape index (κ1) is 12.0. The second-order valence-corrected chi connectivity index (χ2v) is 5.35. The van der Waals surface area contributed by atoms with Gasteiger partial charge in [0.1, 0.15) is 0 Å². The zero-order valence-electron chi connectivity index (χ0n) is 10.8. The first-order valence-electron chi connectivity index (χ1n) is 6.04. The van der Waals surface area contributed by atoms with Crippen LogP contribution in [0.5, 0.6) is 0 Å². The number of rotatable bonds is 4. The number of nitrogens with one attached hydrogen (secondary N) is 2. The Balaban J connectivity index is 1.78. The van der Waals surface area contributed by atoms with Crippen LogP contribution in [-0.2, 0) is 13.6 Å². The molecule has 0 fully saturated rings. The van der Waals surface area contributed by atoms with Crippen molar-refractivity contribution in [3.63, 3.8) is 0 Å². The van der Waals surface area contributed by atoms with Crippen LogP contribution in [0.25, 0.3) is 10.6 Å². The van der Waals surface area contributed by atoms with Gasteiger partial charge in [-0.15, -0.1) is 11.3 Å². The van der Waals surface area contributed by atoms with Crippen molar-refractivity contribution in [3.8, 4) is 10.6 Å². The van der Waals surface area contributed by atoms with Gasteiger partial charge in [-0.05, 0) is 18.4 Å². The molecule has 0 saturated heterocycles.